The number of ketones is 1. The lowest BCUT2D eigenvalue weighted by Gasteiger charge is -2.06. The van der Waals surface area contributed by atoms with Gasteiger partial charge in [-0.2, -0.15) is 0 Å². The van der Waals surface area contributed by atoms with Gasteiger partial charge in [0.25, 0.3) is 0 Å². The first-order valence-electron chi connectivity index (χ1n) is 7.27. The Hall–Kier alpha value is -2.35. The summed E-state index contributed by atoms with van der Waals surface area (Å²) in [5.41, 5.74) is 2.85. The highest BCUT2D eigenvalue weighted by atomic mass is 16.5. The molecule has 0 heterocycles. The Balaban J connectivity index is 2.14. The van der Waals surface area contributed by atoms with Crippen molar-refractivity contribution in [2.24, 2.45) is 0 Å². The van der Waals surface area contributed by atoms with Crippen LogP contribution in [0.5, 0.6) is 5.75 Å². The van der Waals surface area contributed by atoms with Crippen molar-refractivity contribution in [3.63, 3.8) is 0 Å². The molecule has 0 aromatic heterocycles. The van der Waals surface area contributed by atoms with Crippen LogP contribution in [0.2, 0.25) is 0 Å². The fraction of sp³-hybridized carbons (Fsp3) is 0.211. The Bertz CT molecular complexity index is 624. The maximum absolute atomic E-state index is 12.2. The van der Waals surface area contributed by atoms with Gasteiger partial charge in [-0.15, -0.1) is 0 Å². The minimum absolute atomic E-state index is 0.00366. The molecule has 0 saturated heterocycles. The molecule has 2 rings (SSSR count). The summed E-state index contributed by atoms with van der Waals surface area (Å²) in [5, 5.41) is 0. The molecule has 0 N–H and O–H groups in total. The SMILES string of the molecule is CCOc1ccccc1C=CC(=O)c1ccc(CC)cc1. The molecule has 21 heavy (non-hydrogen) atoms. The molecular formula is C19H20O2. The molecule has 0 aliphatic carbocycles. The van der Waals surface area contributed by atoms with E-state index in [0.717, 1.165) is 17.7 Å². The van der Waals surface area contributed by atoms with Gasteiger partial charge in [0.2, 0.25) is 0 Å². The molecule has 0 bridgehead atoms. The average Bonchev–Trinajstić information content (AvgIpc) is 2.54. The first-order valence-corrected chi connectivity index (χ1v) is 7.27. The predicted octanol–water partition coefficient (Wildman–Crippen LogP) is 4.54. The molecule has 2 heteroatoms. The second-order valence-electron chi connectivity index (χ2n) is 4.72. The van der Waals surface area contributed by atoms with Crippen molar-refractivity contribution in [3.8, 4) is 5.75 Å². The fourth-order valence-electron chi connectivity index (χ4n) is 2.07. The van der Waals surface area contributed by atoms with Crippen LogP contribution in [0.3, 0.4) is 0 Å². The number of hydrogen-bond donors (Lipinski definition) is 0. The van der Waals surface area contributed by atoms with Crippen molar-refractivity contribution in [3.05, 3.63) is 71.3 Å². The van der Waals surface area contributed by atoms with Crippen molar-refractivity contribution in [1.29, 1.82) is 0 Å². The van der Waals surface area contributed by atoms with E-state index in [1.165, 1.54) is 5.56 Å². The standard InChI is InChI=1S/C19H20O2/c1-3-15-9-11-16(12-10-15)18(20)14-13-17-7-5-6-8-19(17)21-4-2/h5-14H,3-4H2,1-2H3. The fourth-order valence-corrected chi connectivity index (χ4v) is 2.07. The molecule has 2 aromatic carbocycles. The Morgan fingerprint density at radius 3 is 2.43 bits per heavy atom. The normalized spacial score (nSPS) is 10.8. The zero-order valence-corrected chi connectivity index (χ0v) is 12.5. The Labute approximate surface area is 126 Å². The van der Waals surface area contributed by atoms with Gasteiger partial charge in [-0.05, 0) is 37.1 Å². The van der Waals surface area contributed by atoms with Gasteiger partial charge in [0, 0.05) is 11.1 Å². The summed E-state index contributed by atoms with van der Waals surface area (Å²) in [6.45, 7) is 4.65. The molecule has 0 saturated carbocycles. The van der Waals surface area contributed by atoms with Crippen LogP contribution in [-0.2, 0) is 6.42 Å². The maximum atomic E-state index is 12.2. The van der Waals surface area contributed by atoms with Crippen LogP contribution in [0.25, 0.3) is 6.08 Å². The lowest BCUT2D eigenvalue weighted by molar-refractivity contribution is 0.104. The van der Waals surface area contributed by atoms with Crippen molar-refractivity contribution in [2.45, 2.75) is 20.3 Å². The first-order chi connectivity index (χ1) is 10.2. The Morgan fingerprint density at radius 1 is 1.05 bits per heavy atom. The first kappa shape index (κ1) is 15.0. The van der Waals surface area contributed by atoms with Gasteiger partial charge in [0.15, 0.2) is 5.78 Å². The maximum Gasteiger partial charge on any atom is 0.185 e. The molecule has 0 amide bonds. The number of para-hydroxylation sites is 1. The summed E-state index contributed by atoms with van der Waals surface area (Å²) >= 11 is 0. The van der Waals surface area contributed by atoms with E-state index in [1.807, 2.05) is 55.5 Å². The highest BCUT2D eigenvalue weighted by Crippen LogP contribution is 2.19. The van der Waals surface area contributed by atoms with E-state index in [0.29, 0.717) is 12.2 Å². The lowest BCUT2D eigenvalue weighted by Crippen LogP contribution is -1.96. The molecule has 0 unspecified atom stereocenters. The average molecular weight is 280 g/mol. The topological polar surface area (TPSA) is 26.3 Å². The molecule has 0 radical (unpaired) electrons. The quantitative estimate of drug-likeness (QED) is 0.573. The summed E-state index contributed by atoms with van der Waals surface area (Å²) < 4.78 is 5.54. The number of aryl methyl sites for hydroxylation is 1. The zero-order chi connectivity index (χ0) is 15.1. The largest absolute Gasteiger partial charge is 0.493 e. The molecule has 108 valence electrons. The summed E-state index contributed by atoms with van der Waals surface area (Å²) in [6.07, 6.45) is 4.38. The minimum atomic E-state index is 0.00366. The van der Waals surface area contributed by atoms with Crippen LogP contribution in [0, 0.1) is 0 Å². The number of benzene rings is 2. The molecule has 2 aromatic rings. The van der Waals surface area contributed by atoms with Crippen molar-refractivity contribution < 1.29 is 9.53 Å². The van der Waals surface area contributed by atoms with E-state index in [1.54, 1.807) is 12.2 Å². The number of carbonyl (C=O) groups is 1. The smallest absolute Gasteiger partial charge is 0.185 e. The third-order valence-corrected chi connectivity index (χ3v) is 3.28. The third-order valence-electron chi connectivity index (χ3n) is 3.28. The van der Waals surface area contributed by atoms with E-state index in [9.17, 15) is 4.79 Å². The number of hydrogen-bond acceptors (Lipinski definition) is 2. The monoisotopic (exact) mass is 280 g/mol. The number of carbonyl (C=O) groups excluding carboxylic acids is 1. The molecule has 0 aliphatic rings. The van der Waals surface area contributed by atoms with E-state index in [-0.39, 0.29) is 5.78 Å². The van der Waals surface area contributed by atoms with Crippen LogP contribution in [-0.4, -0.2) is 12.4 Å². The molecule has 0 fully saturated rings. The Kier molecular flexibility index (Phi) is 5.33. The third kappa shape index (κ3) is 4.06. The second-order valence-corrected chi connectivity index (χ2v) is 4.72. The van der Waals surface area contributed by atoms with Crippen LogP contribution in [0.4, 0.5) is 0 Å². The van der Waals surface area contributed by atoms with Gasteiger partial charge in [0.05, 0.1) is 6.61 Å². The molecule has 0 spiro atoms. The second kappa shape index (κ2) is 7.44. The number of ether oxygens (including phenoxy) is 1. The van der Waals surface area contributed by atoms with Crippen molar-refractivity contribution in [1.82, 2.24) is 0 Å². The molecular weight excluding hydrogens is 260 g/mol. The highest BCUT2D eigenvalue weighted by Gasteiger charge is 2.03. The highest BCUT2D eigenvalue weighted by molar-refractivity contribution is 6.06. The summed E-state index contributed by atoms with van der Waals surface area (Å²) in [6, 6.07) is 15.4. The van der Waals surface area contributed by atoms with Crippen LogP contribution < -0.4 is 4.74 Å². The number of allylic oxidation sites excluding steroid dienone is 1. The van der Waals surface area contributed by atoms with Gasteiger partial charge >= 0.3 is 0 Å². The van der Waals surface area contributed by atoms with Gasteiger partial charge in [-0.1, -0.05) is 49.4 Å². The predicted molar refractivity (Wildman–Crippen MR) is 86.8 cm³/mol. The van der Waals surface area contributed by atoms with Crippen molar-refractivity contribution >= 4 is 11.9 Å². The zero-order valence-electron chi connectivity index (χ0n) is 12.5. The molecule has 2 nitrogen and oxygen atoms in total. The van der Waals surface area contributed by atoms with Crippen LogP contribution in [0.15, 0.2) is 54.6 Å². The van der Waals surface area contributed by atoms with Crippen LogP contribution >= 0.6 is 0 Å². The minimum Gasteiger partial charge on any atom is -0.493 e. The van der Waals surface area contributed by atoms with E-state index < -0.39 is 0 Å². The Morgan fingerprint density at radius 2 is 1.76 bits per heavy atom. The molecule has 0 atom stereocenters. The summed E-state index contributed by atoms with van der Waals surface area (Å²) in [4.78, 5) is 12.2. The van der Waals surface area contributed by atoms with Gasteiger partial charge in [0.1, 0.15) is 5.75 Å². The van der Waals surface area contributed by atoms with Crippen molar-refractivity contribution in [2.75, 3.05) is 6.61 Å². The summed E-state index contributed by atoms with van der Waals surface area (Å²) in [5.74, 6) is 0.800. The van der Waals surface area contributed by atoms with Gasteiger partial charge in [-0.25, -0.2) is 0 Å². The molecule has 0 aliphatic heterocycles. The van der Waals surface area contributed by atoms with Gasteiger partial charge < -0.3 is 4.74 Å². The van der Waals surface area contributed by atoms with Gasteiger partial charge in [-0.3, -0.25) is 4.79 Å². The number of rotatable bonds is 6. The van der Waals surface area contributed by atoms with E-state index >= 15 is 0 Å². The van der Waals surface area contributed by atoms with Crippen LogP contribution in [0.1, 0.15) is 35.3 Å². The summed E-state index contributed by atoms with van der Waals surface area (Å²) in [7, 11) is 0. The lowest BCUT2D eigenvalue weighted by atomic mass is 10.1. The van der Waals surface area contributed by atoms with E-state index in [4.69, 9.17) is 4.74 Å². The van der Waals surface area contributed by atoms with E-state index in [2.05, 4.69) is 6.92 Å².